The molecule has 1 heterocycles. The van der Waals surface area contributed by atoms with E-state index >= 15 is 0 Å². The molecule has 1 aliphatic heterocycles. The van der Waals surface area contributed by atoms with E-state index < -0.39 is 24.1 Å². The zero-order chi connectivity index (χ0) is 15.3. The van der Waals surface area contributed by atoms with Gasteiger partial charge < -0.3 is 25.2 Å². The van der Waals surface area contributed by atoms with E-state index in [-0.39, 0.29) is 24.9 Å². The largest absolute Gasteiger partial charge is 0.480 e. The standard InChI is InChI=1S/C13H24N2O5/c1-4-20-7-10(8(2)3)14-13(19)15-6-9(16)5-11(15)12(17)18/h8-11,16H,4-7H2,1-3H3,(H,14,19)(H,17,18)/t9-,10?,11-/m0/s1. The predicted molar refractivity (Wildman–Crippen MR) is 72.4 cm³/mol. The lowest BCUT2D eigenvalue weighted by atomic mass is 10.1. The van der Waals surface area contributed by atoms with E-state index in [2.05, 4.69) is 5.32 Å². The van der Waals surface area contributed by atoms with Crippen molar-refractivity contribution >= 4 is 12.0 Å². The number of carbonyl (C=O) groups is 2. The molecular formula is C13H24N2O5. The summed E-state index contributed by atoms with van der Waals surface area (Å²) in [4.78, 5) is 24.4. The topological polar surface area (TPSA) is 99.1 Å². The second-order valence-corrected chi connectivity index (χ2v) is 5.36. The maximum atomic E-state index is 12.2. The highest BCUT2D eigenvalue weighted by molar-refractivity contribution is 5.83. The van der Waals surface area contributed by atoms with Crippen LogP contribution < -0.4 is 5.32 Å². The number of aliphatic hydroxyl groups excluding tert-OH is 1. The first-order chi connectivity index (χ1) is 9.36. The molecule has 2 amide bonds. The van der Waals surface area contributed by atoms with Gasteiger partial charge in [0, 0.05) is 19.6 Å². The Morgan fingerprint density at radius 1 is 1.45 bits per heavy atom. The van der Waals surface area contributed by atoms with Crippen molar-refractivity contribution in [3.63, 3.8) is 0 Å². The average molecular weight is 288 g/mol. The predicted octanol–water partition coefficient (Wildman–Crippen LogP) is 0.277. The zero-order valence-corrected chi connectivity index (χ0v) is 12.2. The summed E-state index contributed by atoms with van der Waals surface area (Å²) in [6.45, 7) is 6.76. The van der Waals surface area contributed by atoms with E-state index in [4.69, 9.17) is 9.84 Å². The number of nitrogens with one attached hydrogen (secondary N) is 1. The van der Waals surface area contributed by atoms with Crippen LogP contribution in [-0.4, -0.2) is 65.1 Å². The zero-order valence-electron chi connectivity index (χ0n) is 12.2. The first kappa shape index (κ1) is 16.7. The lowest BCUT2D eigenvalue weighted by Gasteiger charge is -2.27. The molecule has 1 fully saturated rings. The maximum Gasteiger partial charge on any atom is 0.326 e. The quantitative estimate of drug-likeness (QED) is 0.652. The average Bonchev–Trinajstić information content (AvgIpc) is 2.76. The lowest BCUT2D eigenvalue weighted by molar-refractivity contribution is -0.141. The number of likely N-dealkylation sites (tertiary alicyclic amines) is 1. The van der Waals surface area contributed by atoms with Crippen LogP contribution in [-0.2, 0) is 9.53 Å². The molecule has 116 valence electrons. The normalized spacial score (nSPS) is 23.9. The number of carbonyl (C=O) groups excluding carboxylic acids is 1. The van der Waals surface area contributed by atoms with E-state index in [1.165, 1.54) is 4.90 Å². The van der Waals surface area contributed by atoms with Crippen molar-refractivity contribution in [2.45, 2.75) is 45.4 Å². The van der Waals surface area contributed by atoms with Gasteiger partial charge in [-0.1, -0.05) is 13.8 Å². The molecule has 0 aromatic heterocycles. The smallest absolute Gasteiger partial charge is 0.326 e. The molecule has 1 saturated heterocycles. The highest BCUT2D eigenvalue weighted by Gasteiger charge is 2.39. The molecule has 1 rings (SSSR count). The van der Waals surface area contributed by atoms with Gasteiger partial charge in [-0.2, -0.15) is 0 Å². The number of carboxylic acids is 1. The summed E-state index contributed by atoms with van der Waals surface area (Å²) in [7, 11) is 0. The number of aliphatic carboxylic acids is 1. The van der Waals surface area contributed by atoms with Crippen LogP contribution >= 0.6 is 0 Å². The molecular weight excluding hydrogens is 264 g/mol. The van der Waals surface area contributed by atoms with Crippen LogP contribution in [0.5, 0.6) is 0 Å². The molecule has 1 unspecified atom stereocenters. The van der Waals surface area contributed by atoms with Crippen molar-refractivity contribution in [2.24, 2.45) is 5.92 Å². The van der Waals surface area contributed by atoms with Crippen LogP contribution in [0.25, 0.3) is 0 Å². The molecule has 0 spiro atoms. The second kappa shape index (κ2) is 7.44. The van der Waals surface area contributed by atoms with Crippen LogP contribution in [0, 0.1) is 5.92 Å². The van der Waals surface area contributed by atoms with Crippen molar-refractivity contribution in [2.75, 3.05) is 19.8 Å². The number of nitrogens with zero attached hydrogens (tertiary/aromatic N) is 1. The fourth-order valence-electron chi connectivity index (χ4n) is 2.16. The van der Waals surface area contributed by atoms with Gasteiger partial charge in [-0.3, -0.25) is 0 Å². The third kappa shape index (κ3) is 4.35. The Labute approximate surface area is 118 Å². The van der Waals surface area contributed by atoms with Gasteiger partial charge in [0.1, 0.15) is 6.04 Å². The van der Waals surface area contributed by atoms with E-state index in [0.29, 0.717) is 13.2 Å². The first-order valence-electron chi connectivity index (χ1n) is 6.92. The van der Waals surface area contributed by atoms with E-state index in [1.807, 2.05) is 20.8 Å². The molecule has 3 atom stereocenters. The van der Waals surface area contributed by atoms with Crippen molar-refractivity contribution in [1.82, 2.24) is 10.2 Å². The third-order valence-electron chi connectivity index (χ3n) is 3.44. The van der Waals surface area contributed by atoms with Crippen LogP contribution in [0.2, 0.25) is 0 Å². The minimum Gasteiger partial charge on any atom is -0.480 e. The van der Waals surface area contributed by atoms with E-state index in [9.17, 15) is 14.7 Å². The number of amides is 2. The number of carboxylic acid groups (broad SMARTS) is 1. The van der Waals surface area contributed by atoms with Gasteiger partial charge in [-0.25, -0.2) is 9.59 Å². The number of hydrogen-bond donors (Lipinski definition) is 3. The monoisotopic (exact) mass is 288 g/mol. The van der Waals surface area contributed by atoms with Gasteiger partial charge in [0.05, 0.1) is 18.8 Å². The first-order valence-corrected chi connectivity index (χ1v) is 6.92. The Morgan fingerprint density at radius 2 is 2.10 bits per heavy atom. The summed E-state index contributed by atoms with van der Waals surface area (Å²) < 4.78 is 5.32. The van der Waals surface area contributed by atoms with Gasteiger partial charge in [0.25, 0.3) is 0 Å². The van der Waals surface area contributed by atoms with Gasteiger partial charge in [0.2, 0.25) is 0 Å². The Bertz CT molecular complexity index is 348. The summed E-state index contributed by atoms with van der Waals surface area (Å²) in [5.41, 5.74) is 0. The molecule has 0 aliphatic carbocycles. The minimum atomic E-state index is -1.09. The number of β-amino-alcohol motifs (C(OH)–C–C–N with tert-alkyl or cyclic N) is 1. The molecule has 0 bridgehead atoms. The molecule has 20 heavy (non-hydrogen) atoms. The SMILES string of the molecule is CCOCC(NC(=O)N1C[C@@H](O)C[C@H]1C(=O)O)C(C)C. The highest BCUT2D eigenvalue weighted by Crippen LogP contribution is 2.18. The van der Waals surface area contributed by atoms with Crippen molar-refractivity contribution in [3.8, 4) is 0 Å². The summed E-state index contributed by atoms with van der Waals surface area (Å²) in [5, 5.41) is 21.4. The Hall–Kier alpha value is -1.34. The Balaban J connectivity index is 2.65. The van der Waals surface area contributed by atoms with Gasteiger partial charge >= 0.3 is 12.0 Å². The van der Waals surface area contributed by atoms with E-state index in [1.54, 1.807) is 0 Å². The minimum absolute atomic E-state index is 0.0439. The molecule has 0 radical (unpaired) electrons. The summed E-state index contributed by atoms with van der Waals surface area (Å²) in [5.74, 6) is -0.927. The molecule has 0 saturated carbocycles. The molecule has 1 aliphatic rings. The van der Waals surface area contributed by atoms with Crippen LogP contribution in [0.3, 0.4) is 0 Å². The van der Waals surface area contributed by atoms with Gasteiger partial charge in [-0.15, -0.1) is 0 Å². The fourth-order valence-corrected chi connectivity index (χ4v) is 2.16. The van der Waals surface area contributed by atoms with Crippen LogP contribution in [0.4, 0.5) is 4.79 Å². The Morgan fingerprint density at radius 3 is 2.60 bits per heavy atom. The summed E-state index contributed by atoms with van der Waals surface area (Å²) >= 11 is 0. The molecule has 7 heteroatoms. The molecule has 0 aromatic carbocycles. The Kier molecular flexibility index (Phi) is 6.22. The number of hydrogen-bond acceptors (Lipinski definition) is 4. The molecule has 0 aromatic rings. The van der Waals surface area contributed by atoms with E-state index in [0.717, 1.165) is 0 Å². The maximum absolute atomic E-state index is 12.2. The summed E-state index contributed by atoms with van der Waals surface area (Å²) in [6.07, 6.45) is -0.716. The number of aliphatic hydroxyl groups is 1. The second-order valence-electron chi connectivity index (χ2n) is 5.36. The van der Waals surface area contributed by atoms with Crippen LogP contribution in [0.15, 0.2) is 0 Å². The number of urea groups is 1. The molecule has 3 N–H and O–H groups in total. The number of rotatable bonds is 6. The fraction of sp³-hybridized carbons (Fsp3) is 0.846. The van der Waals surface area contributed by atoms with Crippen LogP contribution in [0.1, 0.15) is 27.2 Å². The van der Waals surface area contributed by atoms with Gasteiger partial charge in [-0.05, 0) is 12.8 Å². The highest BCUT2D eigenvalue weighted by atomic mass is 16.5. The van der Waals surface area contributed by atoms with Crippen molar-refractivity contribution in [1.29, 1.82) is 0 Å². The van der Waals surface area contributed by atoms with Crippen molar-refractivity contribution in [3.05, 3.63) is 0 Å². The number of ether oxygens (including phenoxy) is 1. The van der Waals surface area contributed by atoms with Crippen molar-refractivity contribution < 1.29 is 24.5 Å². The summed E-state index contributed by atoms with van der Waals surface area (Å²) in [6, 6.07) is -1.62. The molecule has 7 nitrogen and oxygen atoms in total. The van der Waals surface area contributed by atoms with Gasteiger partial charge in [0.15, 0.2) is 0 Å². The third-order valence-corrected chi connectivity index (χ3v) is 3.44. The lowest BCUT2D eigenvalue weighted by Crippen LogP contribution is -2.51.